The highest BCUT2D eigenvalue weighted by Crippen LogP contribution is 2.11. The third-order valence-corrected chi connectivity index (χ3v) is 5.12. The van der Waals surface area contributed by atoms with E-state index >= 15 is 0 Å². The number of rotatable bonds is 8. The van der Waals surface area contributed by atoms with Crippen LogP contribution in [0.5, 0.6) is 0 Å². The standard InChI is InChI=1S/2C6H15P.CH4/c2*1-3-5-7-6-4-2;/h2*7H,3-6H2,1-2H3;1H4. The quantitative estimate of drug-likeness (QED) is 0.389. The molecule has 0 aromatic carbocycles. The predicted molar refractivity (Wildman–Crippen MR) is 84.0 cm³/mol. The number of hydrogen-bond donors (Lipinski definition) is 0. The molecule has 0 aromatic heterocycles. The van der Waals surface area contributed by atoms with E-state index in [0.29, 0.717) is 0 Å². The maximum Gasteiger partial charge on any atom is -0.0356 e. The van der Waals surface area contributed by atoms with Gasteiger partial charge in [-0.3, -0.25) is 0 Å². The highest BCUT2D eigenvalue weighted by Gasteiger charge is 1.79. The monoisotopic (exact) mass is 252 g/mol. The lowest BCUT2D eigenvalue weighted by Crippen LogP contribution is -1.72. The van der Waals surface area contributed by atoms with Gasteiger partial charge in [0, 0.05) is 0 Å². The second kappa shape index (κ2) is 24.2. The lowest BCUT2D eigenvalue weighted by Gasteiger charge is -1.91. The van der Waals surface area contributed by atoms with Crippen LogP contribution in [0, 0.1) is 0 Å². The molecule has 0 radical (unpaired) electrons. The summed E-state index contributed by atoms with van der Waals surface area (Å²) in [7, 11) is 2.46. The summed E-state index contributed by atoms with van der Waals surface area (Å²) in [6.45, 7) is 9.01. The van der Waals surface area contributed by atoms with E-state index in [1.165, 1.54) is 67.5 Å². The van der Waals surface area contributed by atoms with Gasteiger partial charge in [0.05, 0.1) is 0 Å². The van der Waals surface area contributed by atoms with Crippen LogP contribution in [0.2, 0.25) is 0 Å². The van der Waals surface area contributed by atoms with E-state index in [9.17, 15) is 0 Å². The van der Waals surface area contributed by atoms with Crippen molar-refractivity contribution in [3.05, 3.63) is 0 Å². The van der Waals surface area contributed by atoms with Crippen LogP contribution in [0.1, 0.15) is 60.8 Å². The van der Waals surface area contributed by atoms with Crippen molar-refractivity contribution in [2.24, 2.45) is 0 Å². The summed E-state index contributed by atoms with van der Waals surface area (Å²) in [6, 6.07) is 0. The van der Waals surface area contributed by atoms with Crippen molar-refractivity contribution in [2.45, 2.75) is 60.8 Å². The van der Waals surface area contributed by atoms with Crippen molar-refractivity contribution >= 4 is 17.2 Å². The Hall–Kier alpha value is 0.860. The van der Waals surface area contributed by atoms with Crippen LogP contribution in [0.25, 0.3) is 0 Å². The zero-order chi connectivity index (χ0) is 11.1. The largest absolute Gasteiger partial charge is 0.122 e. The van der Waals surface area contributed by atoms with Crippen LogP contribution in [-0.2, 0) is 0 Å². The van der Waals surface area contributed by atoms with E-state index in [2.05, 4.69) is 27.7 Å². The van der Waals surface area contributed by atoms with Gasteiger partial charge in [0.25, 0.3) is 0 Å². The molecule has 0 aliphatic heterocycles. The molecule has 0 aromatic rings. The fraction of sp³-hybridized carbons (Fsp3) is 1.00. The Labute approximate surface area is 103 Å². The maximum atomic E-state index is 2.25. The minimum Gasteiger partial charge on any atom is -0.122 e. The van der Waals surface area contributed by atoms with Crippen LogP contribution >= 0.6 is 17.2 Å². The molecular formula is C13H34P2. The maximum absolute atomic E-state index is 2.25. The Bertz CT molecular complexity index is 56.9. The van der Waals surface area contributed by atoms with E-state index in [4.69, 9.17) is 0 Å². The molecule has 0 saturated heterocycles. The van der Waals surface area contributed by atoms with Crippen molar-refractivity contribution in [3.63, 3.8) is 0 Å². The van der Waals surface area contributed by atoms with Gasteiger partial charge in [-0.25, -0.2) is 0 Å². The zero-order valence-corrected chi connectivity index (χ0v) is 12.7. The molecule has 2 heteroatoms. The Morgan fingerprint density at radius 3 is 0.867 bits per heavy atom. The summed E-state index contributed by atoms with van der Waals surface area (Å²) in [5, 5.41) is 0. The Morgan fingerprint density at radius 2 is 0.733 bits per heavy atom. The van der Waals surface area contributed by atoms with Gasteiger partial charge in [0.2, 0.25) is 0 Å². The van der Waals surface area contributed by atoms with Gasteiger partial charge in [-0.15, -0.1) is 17.2 Å². The number of hydrogen-bond acceptors (Lipinski definition) is 0. The molecular weight excluding hydrogens is 218 g/mol. The molecule has 0 bridgehead atoms. The first kappa shape index (κ1) is 21.2. The van der Waals surface area contributed by atoms with Crippen LogP contribution in [0.3, 0.4) is 0 Å². The summed E-state index contributed by atoms with van der Waals surface area (Å²) in [5.74, 6) is 0. The van der Waals surface area contributed by atoms with Gasteiger partial charge < -0.3 is 0 Å². The fourth-order valence-electron chi connectivity index (χ4n) is 0.957. The average Bonchev–Trinajstić information content (AvgIpc) is 2.21. The molecule has 0 nitrogen and oxygen atoms in total. The van der Waals surface area contributed by atoms with Crippen molar-refractivity contribution in [3.8, 4) is 0 Å². The van der Waals surface area contributed by atoms with E-state index in [1.807, 2.05) is 0 Å². The fourth-order valence-corrected chi connectivity index (χ4v) is 2.87. The van der Waals surface area contributed by atoms with E-state index in [0.717, 1.165) is 0 Å². The second-order valence-electron chi connectivity index (χ2n) is 3.50. The SMILES string of the molecule is C.CCCPCCC.CCCPCCC. The van der Waals surface area contributed by atoms with Crippen LogP contribution < -0.4 is 0 Å². The lowest BCUT2D eigenvalue weighted by molar-refractivity contribution is 1.07. The van der Waals surface area contributed by atoms with Gasteiger partial charge in [0.1, 0.15) is 0 Å². The van der Waals surface area contributed by atoms with Crippen LogP contribution in [0.4, 0.5) is 0 Å². The van der Waals surface area contributed by atoms with E-state index < -0.39 is 0 Å². The average molecular weight is 252 g/mol. The minimum absolute atomic E-state index is 0. The highest BCUT2D eigenvalue weighted by atomic mass is 31.1. The first-order valence-corrected chi connectivity index (χ1v) is 9.07. The molecule has 0 N–H and O–H groups in total. The smallest absolute Gasteiger partial charge is 0.0356 e. The Kier molecular flexibility index (Phi) is 34.2. The van der Waals surface area contributed by atoms with Crippen LogP contribution in [-0.4, -0.2) is 24.6 Å². The molecule has 0 rings (SSSR count). The van der Waals surface area contributed by atoms with Crippen molar-refractivity contribution < 1.29 is 0 Å². The van der Waals surface area contributed by atoms with Crippen LogP contribution in [0.15, 0.2) is 0 Å². The normalized spacial score (nSPS) is 8.80. The molecule has 15 heavy (non-hydrogen) atoms. The first-order valence-electron chi connectivity index (χ1n) is 6.24. The molecule has 0 heterocycles. The topological polar surface area (TPSA) is 0 Å². The van der Waals surface area contributed by atoms with Crippen molar-refractivity contribution in [1.82, 2.24) is 0 Å². The van der Waals surface area contributed by atoms with Gasteiger partial charge in [-0.05, 0) is 24.6 Å². The van der Waals surface area contributed by atoms with Gasteiger partial charge >= 0.3 is 0 Å². The summed E-state index contributed by atoms with van der Waals surface area (Å²) in [4.78, 5) is 0. The van der Waals surface area contributed by atoms with Gasteiger partial charge in [-0.2, -0.15) is 0 Å². The molecule has 0 fully saturated rings. The summed E-state index contributed by atoms with van der Waals surface area (Å²) < 4.78 is 0. The lowest BCUT2D eigenvalue weighted by atomic mass is 10.6. The molecule has 0 saturated carbocycles. The summed E-state index contributed by atoms with van der Waals surface area (Å²) in [6.07, 6.45) is 11.3. The van der Waals surface area contributed by atoms with Gasteiger partial charge in [0.15, 0.2) is 0 Å². The molecule has 0 aliphatic carbocycles. The molecule has 0 amide bonds. The molecule has 0 aliphatic rings. The third kappa shape index (κ3) is 31.3. The second-order valence-corrected chi connectivity index (χ2v) is 6.50. The van der Waals surface area contributed by atoms with E-state index in [-0.39, 0.29) is 7.43 Å². The minimum atomic E-state index is 0. The van der Waals surface area contributed by atoms with E-state index in [1.54, 1.807) is 0 Å². The molecule has 96 valence electrons. The summed E-state index contributed by atoms with van der Waals surface area (Å²) >= 11 is 0. The molecule has 0 atom stereocenters. The van der Waals surface area contributed by atoms with Crippen molar-refractivity contribution in [2.75, 3.05) is 24.6 Å². The Morgan fingerprint density at radius 1 is 0.533 bits per heavy atom. The zero-order valence-electron chi connectivity index (χ0n) is 10.7. The summed E-state index contributed by atoms with van der Waals surface area (Å²) in [5.41, 5.74) is 0. The van der Waals surface area contributed by atoms with Gasteiger partial charge in [-0.1, -0.05) is 60.8 Å². The third-order valence-electron chi connectivity index (χ3n) is 1.71. The molecule has 0 unspecified atom stereocenters. The Balaban J connectivity index is -0.000000180. The van der Waals surface area contributed by atoms with Crippen molar-refractivity contribution in [1.29, 1.82) is 0 Å². The predicted octanol–water partition coefficient (Wildman–Crippen LogP) is 5.61. The molecule has 0 spiro atoms. The first-order chi connectivity index (χ1) is 6.83. The highest BCUT2D eigenvalue weighted by molar-refractivity contribution is 7.38.